The van der Waals surface area contributed by atoms with Crippen molar-refractivity contribution < 1.29 is 35.7 Å². The van der Waals surface area contributed by atoms with Crippen molar-refractivity contribution in [1.82, 2.24) is 9.62 Å². The second-order valence-corrected chi connectivity index (χ2v) is 10.5. The van der Waals surface area contributed by atoms with Gasteiger partial charge in [0.05, 0.1) is 17.7 Å². The number of nitrogens with one attached hydrogen (secondary N) is 1. The molecule has 11 heteroatoms. The van der Waals surface area contributed by atoms with E-state index in [0.29, 0.717) is 31.5 Å². The van der Waals surface area contributed by atoms with Crippen LogP contribution in [-0.2, 0) is 23.7 Å². The second-order valence-electron chi connectivity index (χ2n) is 9.41. The number of halogens is 5. The van der Waals surface area contributed by atoms with E-state index in [1.54, 1.807) is 0 Å². The number of alkyl halides is 3. The maximum Gasteiger partial charge on any atom is 0.416 e. The monoisotopic (exact) mass is 530 g/mol. The highest BCUT2D eigenvalue weighted by molar-refractivity contribution is 7.82. The van der Waals surface area contributed by atoms with Crippen molar-refractivity contribution in [2.24, 2.45) is 5.92 Å². The van der Waals surface area contributed by atoms with Crippen molar-refractivity contribution in [3.63, 3.8) is 0 Å². The Hall–Kier alpha value is -2.53. The summed E-state index contributed by atoms with van der Waals surface area (Å²) in [4.78, 5) is 14.1. The number of hydrogen-bond donors (Lipinski definition) is 1. The minimum Gasteiger partial charge on any atom is -0.493 e. The molecule has 1 aliphatic heterocycles. The molecule has 0 radical (unpaired) electrons. The van der Waals surface area contributed by atoms with Crippen LogP contribution in [0.25, 0.3) is 0 Å². The lowest BCUT2D eigenvalue weighted by atomic mass is 9.97. The van der Waals surface area contributed by atoms with Crippen molar-refractivity contribution in [3.05, 3.63) is 64.2 Å². The molecule has 0 spiro atoms. The van der Waals surface area contributed by atoms with E-state index in [1.165, 1.54) is 18.4 Å². The fraction of sp³-hybridized carbons (Fsp3) is 0.480. The van der Waals surface area contributed by atoms with Crippen LogP contribution in [-0.4, -0.2) is 41.0 Å². The van der Waals surface area contributed by atoms with E-state index in [2.05, 4.69) is 4.72 Å². The quantitative estimate of drug-likeness (QED) is 0.479. The largest absolute Gasteiger partial charge is 0.493 e. The van der Waals surface area contributed by atoms with Gasteiger partial charge in [-0.25, -0.2) is 13.0 Å². The fourth-order valence-corrected chi connectivity index (χ4v) is 4.82. The summed E-state index contributed by atoms with van der Waals surface area (Å²) in [6.45, 7) is 1.79. The summed E-state index contributed by atoms with van der Waals surface area (Å²) in [6, 6.07) is 5.28. The number of ether oxygens (including phenoxy) is 1. The lowest BCUT2D eigenvalue weighted by Gasteiger charge is -2.32. The van der Waals surface area contributed by atoms with Gasteiger partial charge < -0.3 is 4.74 Å². The molecule has 1 N–H and O–H groups in total. The molecular formula is C25H27F5N2O3S. The van der Waals surface area contributed by atoms with Crippen LogP contribution in [0.1, 0.15) is 58.6 Å². The smallest absolute Gasteiger partial charge is 0.416 e. The van der Waals surface area contributed by atoms with Crippen molar-refractivity contribution >= 4 is 16.9 Å². The van der Waals surface area contributed by atoms with Crippen LogP contribution in [0.2, 0.25) is 0 Å². The molecule has 36 heavy (non-hydrogen) atoms. The van der Waals surface area contributed by atoms with Gasteiger partial charge in [0.2, 0.25) is 0 Å². The topological polar surface area (TPSA) is 58.6 Å². The first-order valence-corrected chi connectivity index (χ1v) is 13.2. The van der Waals surface area contributed by atoms with Gasteiger partial charge >= 0.3 is 6.18 Å². The van der Waals surface area contributed by atoms with E-state index < -0.39 is 40.3 Å². The molecule has 2 fully saturated rings. The van der Waals surface area contributed by atoms with E-state index in [9.17, 15) is 31.0 Å². The molecule has 1 aliphatic carbocycles. The van der Waals surface area contributed by atoms with Crippen LogP contribution < -0.4 is 9.46 Å². The van der Waals surface area contributed by atoms with Gasteiger partial charge in [-0.2, -0.15) is 13.2 Å². The SMILES string of the molecule is CS(=O)NC(=O)c1cc(C2CC2)c(OCC2CCN(Cc3cc(F)cc(C(F)(F)F)c3)CC2)cc1F. The molecule has 1 saturated heterocycles. The van der Waals surface area contributed by atoms with E-state index in [-0.39, 0.29) is 29.5 Å². The van der Waals surface area contributed by atoms with E-state index in [1.807, 2.05) is 4.90 Å². The van der Waals surface area contributed by atoms with Crippen molar-refractivity contribution in [1.29, 1.82) is 0 Å². The Kier molecular flexibility index (Phi) is 7.99. The van der Waals surface area contributed by atoms with Crippen molar-refractivity contribution in [2.45, 2.75) is 44.3 Å². The minimum absolute atomic E-state index is 0.167. The number of piperidine rings is 1. The molecule has 1 atom stereocenters. The molecule has 4 rings (SSSR count). The average Bonchev–Trinajstić information content (AvgIpc) is 3.62. The van der Waals surface area contributed by atoms with Crippen LogP contribution in [0.3, 0.4) is 0 Å². The first kappa shape index (κ1) is 26.5. The summed E-state index contributed by atoms with van der Waals surface area (Å²) in [5, 5.41) is 0. The molecule has 2 aromatic rings. The number of rotatable bonds is 8. The maximum atomic E-state index is 14.6. The van der Waals surface area contributed by atoms with Crippen molar-refractivity contribution in [2.75, 3.05) is 26.0 Å². The zero-order valence-electron chi connectivity index (χ0n) is 19.7. The Morgan fingerprint density at radius 3 is 2.39 bits per heavy atom. The van der Waals surface area contributed by atoms with Crippen LogP contribution >= 0.6 is 0 Å². The predicted molar refractivity (Wildman–Crippen MR) is 125 cm³/mol. The third-order valence-electron chi connectivity index (χ3n) is 6.47. The second kappa shape index (κ2) is 10.8. The standard InChI is InChI=1S/C25H27F5N2O3S/c1-36(34)31-24(33)21-11-20(17-2-3-17)23(12-22(21)27)35-14-15-4-6-32(7-5-15)13-16-8-18(25(28,29)30)10-19(26)9-16/h8-12,15,17H,2-7,13-14H2,1H3,(H,31,33). The number of carbonyl (C=O) groups is 1. The fourth-order valence-electron chi connectivity index (χ4n) is 4.45. The molecule has 196 valence electrons. The molecule has 2 aliphatic rings. The number of hydrogen-bond acceptors (Lipinski definition) is 4. The number of carbonyl (C=O) groups excluding carboxylic acids is 1. The van der Waals surface area contributed by atoms with Crippen LogP contribution in [0, 0.1) is 17.6 Å². The Morgan fingerprint density at radius 1 is 1.08 bits per heavy atom. The first-order valence-electron chi connectivity index (χ1n) is 11.7. The molecule has 1 heterocycles. The van der Waals surface area contributed by atoms with Crippen LogP contribution in [0.4, 0.5) is 22.0 Å². The third kappa shape index (κ3) is 6.82. The van der Waals surface area contributed by atoms with Crippen LogP contribution in [0.15, 0.2) is 30.3 Å². The summed E-state index contributed by atoms with van der Waals surface area (Å²) >= 11 is 0. The van der Waals surface area contributed by atoms with Crippen molar-refractivity contribution in [3.8, 4) is 5.75 Å². The van der Waals surface area contributed by atoms with Crippen LogP contribution in [0.5, 0.6) is 5.75 Å². The van der Waals surface area contributed by atoms with Gasteiger partial charge in [0.15, 0.2) is 0 Å². The summed E-state index contributed by atoms with van der Waals surface area (Å²) in [7, 11) is -1.61. The predicted octanol–water partition coefficient (Wildman–Crippen LogP) is 5.18. The lowest BCUT2D eigenvalue weighted by Crippen LogP contribution is -2.35. The molecule has 5 nitrogen and oxygen atoms in total. The van der Waals surface area contributed by atoms with Gasteiger partial charge in [-0.15, -0.1) is 0 Å². The van der Waals surface area contributed by atoms with Gasteiger partial charge in [0.1, 0.15) is 28.4 Å². The first-order chi connectivity index (χ1) is 17.0. The van der Waals surface area contributed by atoms with E-state index in [0.717, 1.165) is 43.4 Å². The van der Waals surface area contributed by atoms with Gasteiger partial charge in [-0.1, -0.05) is 0 Å². The normalized spacial score (nSPS) is 18.2. The summed E-state index contributed by atoms with van der Waals surface area (Å²) in [5.41, 5.74) is -0.130. The Morgan fingerprint density at radius 2 is 1.78 bits per heavy atom. The molecule has 0 aromatic heterocycles. The zero-order chi connectivity index (χ0) is 26.0. The van der Waals surface area contributed by atoms with E-state index in [4.69, 9.17) is 4.74 Å². The number of nitrogens with zero attached hydrogens (tertiary/aromatic N) is 1. The zero-order valence-corrected chi connectivity index (χ0v) is 20.5. The number of amides is 1. The molecule has 2 aromatic carbocycles. The highest BCUT2D eigenvalue weighted by Crippen LogP contribution is 2.45. The average molecular weight is 531 g/mol. The molecular weight excluding hydrogens is 503 g/mol. The number of likely N-dealkylation sites (tertiary alicyclic amines) is 1. The minimum atomic E-state index is -4.60. The molecule has 1 saturated carbocycles. The highest BCUT2D eigenvalue weighted by Gasteiger charge is 2.32. The maximum absolute atomic E-state index is 14.6. The number of benzene rings is 2. The Balaban J connectivity index is 1.34. The third-order valence-corrected chi connectivity index (χ3v) is 6.94. The molecule has 1 amide bonds. The summed E-state index contributed by atoms with van der Waals surface area (Å²) in [6.07, 6.45) is -0.0272. The highest BCUT2D eigenvalue weighted by atomic mass is 32.2. The Labute approximate surface area is 208 Å². The summed E-state index contributed by atoms with van der Waals surface area (Å²) < 4.78 is 86.7. The van der Waals surface area contributed by atoms with E-state index >= 15 is 0 Å². The van der Waals surface area contributed by atoms with Gasteiger partial charge in [0, 0.05) is 18.9 Å². The van der Waals surface area contributed by atoms with Gasteiger partial charge in [-0.3, -0.25) is 14.4 Å². The molecule has 1 unspecified atom stereocenters. The molecule has 0 bridgehead atoms. The Bertz CT molecular complexity index is 1150. The summed E-state index contributed by atoms with van der Waals surface area (Å²) in [5.74, 6) is -1.65. The lowest BCUT2D eigenvalue weighted by molar-refractivity contribution is -0.137. The van der Waals surface area contributed by atoms with Gasteiger partial charge in [0.25, 0.3) is 5.91 Å². The van der Waals surface area contributed by atoms with Gasteiger partial charge in [-0.05, 0) is 86.0 Å².